The van der Waals surface area contributed by atoms with Crippen molar-refractivity contribution in [1.82, 2.24) is 0 Å². The Hall–Kier alpha value is -0.683. The lowest BCUT2D eigenvalue weighted by atomic mass is 10.1. The van der Waals surface area contributed by atoms with E-state index in [1.807, 2.05) is 31.2 Å². The second kappa shape index (κ2) is 6.85. The van der Waals surface area contributed by atoms with Crippen molar-refractivity contribution in [2.45, 2.75) is 58.7 Å². The Morgan fingerprint density at radius 1 is 1.25 bits per heavy atom. The molecule has 0 saturated carbocycles. The average Bonchev–Trinajstić information content (AvgIpc) is 2.37. The zero-order valence-electron chi connectivity index (χ0n) is 13.6. The fourth-order valence-electron chi connectivity index (χ4n) is 1.63. The van der Waals surface area contributed by atoms with Gasteiger partial charge in [-0.3, -0.25) is 0 Å². The van der Waals surface area contributed by atoms with Gasteiger partial charge in [-0.15, -0.1) is 0 Å². The first kappa shape index (κ1) is 17.4. The van der Waals surface area contributed by atoms with Gasteiger partial charge in [0, 0.05) is 12.2 Å². The summed E-state index contributed by atoms with van der Waals surface area (Å²) in [5.74, 6) is 0. The van der Waals surface area contributed by atoms with E-state index in [-0.39, 0.29) is 17.9 Å². The second-order valence-electron chi connectivity index (χ2n) is 6.57. The summed E-state index contributed by atoms with van der Waals surface area (Å²) >= 11 is 0. The molecule has 3 nitrogen and oxygen atoms in total. The molecule has 1 aromatic rings. The van der Waals surface area contributed by atoms with Gasteiger partial charge in [0.05, 0.1) is 6.61 Å². The monoisotopic (exact) mass is 296 g/mol. The molecular weight excluding hydrogens is 268 g/mol. The molecule has 4 heteroatoms. The highest BCUT2D eigenvalue weighted by molar-refractivity contribution is 6.74. The summed E-state index contributed by atoms with van der Waals surface area (Å²) in [7, 11) is -1.90. The molecule has 0 aromatic heterocycles. The Kier molecular flexibility index (Phi) is 5.95. The van der Waals surface area contributed by atoms with Crippen molar-refractivity contribution in [3.8, 4) is 0 Å². The molecule has 0 spiro atoms. The van der Waals surface area contributed by atoms with E-state index in [0.29, 0.717) is 6.61 Å². The minimum Gasteiger partial charge on any atom is -0.392 e. The first-order valence-electron chi connectivity index (χ1n) is 7.20. The Balaban J connectivity index is 2.99. The van der Waals surface area contributed by atoms with Crippen LogP contribution in [0.15, 0.2) is 24.3 Å². The van der Waals surface area contributed by atoms with Crippen molar-refractivity contribution in [3.05, 3.63) is 35.4 Å². The van der Waals surface area contributed by atoms with Gasteiger partial charge < -0.3 is 14.3 Å². The van der Waals surface area contributed by atoms with Crippen LogP contribution < -0.4 is 0 Å². The van der Waals surface area contributed by atoms with Gasteiger partial charge in [0.1, 0.15) is 0 Å². The normalized spacial score (nSPS) is 14.3. The molecular formula is C16H28O3Si. The number of hydrogen-bond donors (Lipinski definition) is 1. The second-order valence-corrected chi connectivity index (χ2v) is 11.3. The molecule has 0 bridgehead atoms. The summed E-state index contributed by atoms with van der Waals surface area (Å²) in [4.78, 5) is 0. The summed E-state index contributed by atoms with van der Waals surface area (Å²) in [6.45, 7) is 13.7. The molecule has 114 valence electrons. The maximum absolute atomic E-state index is 9.26. The molecule has 0 heterocycles. The number of benzene rings is 1. The molecule has 0 aliphatic rings. The highest BCUT2D eigenvalue weighted by Crippen LogP contribution is 2.40. The van der Waals surface area contributed by atoms with Gasteiger partial charge in [-0.1, -0.05) is 39.0 Å². The molecule has 1 rings (SSSR count). The molecule has 1 N–H and O–H groups in total. The molecule has 0 aliphatic carbocycles. The van der Waals surface area contributed by atoms with E-state index >= 15 is 0 Å². The van der Waals surface area contributed by atoms with Crippen molar-refractivity contribution in [1.29, 1.82) is 0 Å². The smallest absolute Gasteiger partial charge is 0.195 e. The van der Waals surface area contributed by atoms with Crippen LogP contribution in [0, 0.1) is 0 Å². The molecule has 1 unspecified atom stereocenters. The number of aliphatic hydroxyl groups is 1. The minimum absolute atomic E-state index is 0.0345. The predicted molar refractivity (Wildman–Crippen MR) is 85.0 cm³/mol. The highest BCUT2D eigenvalue weighted by atomic mass is 28.4. The third-order valence-electron chi connectivity index (χ3n) is 3.93. The van der Waals surface area contributed by atoms with Gasteiger partial charge >= 0.3 is 0 Å². The predicted octanol–water partition coefficient (Wildman–Crippen LogP) is 4.24. The van der Waals surface area contributed by atoms with E-state index in [1.54, 1.807) is 0 Å². The lowest BCUT2D eigenvalue weighted by Crippen LogP contribution is -2.42. The van der Waals surface area contributed by atoms with Gasteiger partial charge in [-0.25, -0.2) is 0 Å². The maximum atomic E-state index is 9.26. The first-order valence-corrected chi connectivity index (χ1v) is 10.1. The van der Waals surface area contributed by atoms with Gasteiger partial charge in [-0.2, -0.15) is 0 Å². The summed E-state index contributed by atoms with van der Waals surface area (Å²) in [5, 5.41) is 9.40. The number of hydrogen-bond acceptors (Lipinski definition) is 3. The summed E-state index contributed by atoms with van der Waals surface area (Å²) in [6.07, 6.45) is -0.354. The van der Waals surface area contributed by atoms with Crippen LogP contribution in [0.2, 0.25) is 18.1 Å². The molecule has 0 aliphatic heterocycles. The molecule has 0 radical (unpaired) electrons. The zero-order valence-corrected chi connectivity index (χ0v) is 14.6. The van der Waals surface area contributed by atoms with E-state index in [1.165, 1.54) is 0 Å². The van der Waals surface area contributed by atoms with Crippen LogP contribution in [0.25, 0.3) is 0 Å². The van der Waals surface area contributed by atoms with Gasteiger partial charge in [0.25, 0.3) is 0 Å². The third-order valence-corrected chi connectivity index (χ3v) is 8.35. The van der Waals surface area contributed by atoms with Crippen molar-refractivity contribution in [2.75, 3.05) is 6.61 Å². The lowest BCUT2D eigenvalue weighted by molar-refractivity contribution is -0.0874. The van der Waals surface area contributed by atoms with Crippen LogP contribution in [0.3, 0.4) is 0 Å². The average molecular weight is 296 g/mol. The molecule has 20 heavy (non-hydrogen) atoms. The van der Waals surface area contributed by atoms with Crippen LogP contribution in [0.1, 0.15) is 45.1 Å². The Morgan fingerprint density at radius 3 is 2.40 bits per heavy atom. The van der Waals surface area contributed by atoms with Crippen molar-refractivity contribution < 1.29 is 14.3 Å². The molecule has 1 atom stereocenters. The highest BCUT2D eigenvalue weighted by Gasteiger charge is 2.39. The first-order chi connectivity index (χ1) is 9.21. The Morgan fingerprint density at radius 2 is 1.90 bits per heavy atom. The largest absolute Gasteiger partial charge is 0.392 e. The summed E-state index contributed by atoms with van der Waals surface area (Å²) in [6, 6.07) is 7.78. The van der Waals surface area contributed by atoms with Crippen molar-refractivity contribution in [3.63, 3.8) is 0 Å². The standard InChI is InChI=1S/C16H28O3Si/c1-7-18-15(19-20(5,6)16(2,3)4)14-10-8-9-13(11-14)12-17/h8-11,15,17H,7,12H2,1-6H3. The van der Waals surface area contributed by atoms with Gasteiger partial charge in [-0.05, 0) is 36.7 Å². The van der Waals surface area contributed by atoms with Crippen LogP contribution in [0.4, 0.5) is 0 Å². The number of ether oxygens (including phenoxy) is 1. The SMILES string of the molecule is CCOC(O[Si](C)(C)C(C)(C)C)c1cccc(CO)c1. The molecule has 0 amide bonds. The van der Waals surface area contributed by atoms with Crippen LogP contribution in [-0.2, 0) is 15.8 Å². The topological polar surface area (TPSA) is 38.7 Å². The molecule has 0 saturated heterocycles. The quantitative estimate of drug-likeness (QED) is 0.630. The van der Waals surface area contributed by atoms with E-state index in [0.717, 1.165) is 11.1 Å². The minimum atomic E-state index is -1.90. The van der Waals surface area contributed by atoms with Crippen LogP contribution in [-0.4, -0.2) is 20.0 Å². The third kappa shape index (κ3) is 4.41. The Labute approximate surface area is 124 Å². The Bertz CT molecular complexity index is 424. The zero-order chi connectivity index (χ0) is 15.4. The summed E-state index contributed by atoms with van der Waals surface area (Å²) < 4.78 is 12.2. The van der Waals surface area contributed by atoms with Gasteiger partial charge in [0.2, 0.25) is 0 Å². The van der Waals surface area contributed by atoms with Crippen molar-refractivity contribution >= 4 is 8.32 Å². The van der Waals surface area contributed by atoms with E-state index in [2.05, 4.69) is 33.9 Å². The van der Waals surface area contributed by atoms with E-state index < -0.39 is 8.32 Å². The lowest BCUT2D eigenvalue weighted by Gasteiger charge is -2.39. The fourth-order valence-corrected chi connectivity index (χ4v) is 2.72. The summed E-state index contributed by atoms with van der Waals surface area (Å²) in [5.41, 5.74) is 1.86. The fraction of sp³-hybridized carbons (Fsp3) is 0.625. The van der Waals surface area contributed by atoms with E-state index in [9.17, 15) is 5.11 Å². The molecule has 1 aromatic carbocycles. The van der Waals surface area contributed by atoms with E-state index in [4.69, 9.17) is 9.16 Å². The maximum Gasteiger partial charge on any atom is 0.195 e. The van der Waals surface area contributed by atoms with Crippen LogP contribution in [0.5, 0.6) is 0 Å². The van der Waals surface area contributed by atoms with Gasteiger partial charge in [0.15, 0.2) is 14.6 Å². The number of aliphatic hydroxyl groups excluding tert-OH is 1. The van der Waals surface area contributed by atoms with Crippen molar-refractivity contribution in [2.24, 2.45) is 0 Å². The number of rotatable bonds is 6. The molecule has 0 fully saturated rings. The van der Waals surface area contributed by atoms with Crippen LogP contribution >= 0.6 is 0 Å².